The van der Waals surface area contributed by atoms with Gasteiger partial charge in [-0.25, -0.2) is 0 Å². The summed E-state index contributed by atoms with van der Waals surface area (Å²) in [6.07, 6.45) is 6.13. The molecule has 0 saturated carbocycles. The van der Waals surface area contributed by atoms with Gasteiger partial charge in [0.1, 0.15) is 11.8 Å². The molecule has 160 valence electrons. The van der Waals surface area contributed by atoms with Crippen molar-refractivity contribution in [3.63, 3.8) is 0 Å². The third-order valence-corrected chi connectivity index (χ3v) is 7.29. The van der Waals surface area contributed by atoms with Crippen LogP contribution in [0.2, 0.25) is 0 Å². The maximum Gasteiger partial charge on any atom is 0.313 e. The summed E-state index contributed by atoms with van der Waals surface area (Å²) in [7, 11) is 1.65. The first kappa shape index (κ1) is 19.4. The highest BCUT2D eigenvalue weighted by Crippen LogP contribution is 2.45. The topological polar surface area (TPSA) is 70.2 Å². The fourth-order valence-electron chi connectivity index (χ4n) is 5.83. The number of carbonyl (C=O) groups excluding carboxylic acids is 3. The summed E-state index contributed by atoms with van der Waals surface area (Å²) >= 11 is 0. The second kappa shape index (κ2) is 7.60. The molecule has 2 bridgehead atoms. The fraction of sp³-hybridized carbons (Fsp3) is 0.609. The van der Waals surface area contributed by atoms with Crippen molar-refractivity contribution >= 4 is 17.7 Å². The van der Waals surface area contributed by atoms with E-state index in [1.54, 1.807) is 16.9 Å². The Morgan fingerprint density at radius 3 is 2.57 bits per heavy atom. The van der Waals surface area contributed by atoms with E-state index in [-0.39, 0.29) is 18.0 Å². The van der Waals surface area contributed by atoms with Crippen molar-refractivity contribution in [1.82, 2.24) is 14.7 Å². The van der Waals surface area contributed by atoms with Crippen LogP contribution < -0.4 is 4.74 Å². The van der Waals surface area contributed by atoms with Crippen LogP contribution in [0.3, 0.4) is 0 Å². The van der Waals surface area contributed by atoms with Gasteiger partial charge < -0.3 is 19.4 Å². The standard InChI is InChI=1S/C23H29N3O4/c1-30-16-8-9-17-15(14-16)10-13-25-20(17)18-6-5-7-19(21(25)27)26(18)23(29)22(28)24-11-3-2-4-12-24/h8-9,14,18-20H,2-7,10-13H2,1H3. The van der Waals surface area contributed by atoms with Crippen LogP contribution in [0.25, 0.3) is 0 Å². The van der Waals surface area contributed by atoms with Crippen LogP contribution >= 0.6 is 0 Å². The number of ether oxygens (including phenoxy) is 1. The minimum absolute atomic E-state index is 0.00258. The monoisotopic (exact) mass is 411 g/mol. The molecule has 0 spiro atoms. The molecule has 1 aromatic carbocycles. The van der Waals surface area contributed by atoms with Crippen LogP contribution in [-0.4, -0.2) is 71.2 Å². The maximum absolute atomic E-state index is 13.4. The zero-order chi connectivity index (χ0) is 20.8. The Balaban J connectivity index is 1.50. The van der Waals surface area contributed by atoms with Crippen molar-refractivity contribution in [2.45, 2.75) is 63.1 Å². The zero-order valence-electron chi connectivity index (χ0n) is 17.5. The number of hydrogen-bond acceptors (Lipinski definition) is 4. The molecule has 3 fully saturated rings. The first-order chi connectivity index (χ1) is 14.6. The van der Waals surface area contributed by atoms with E-state index >= 15 is 0 Å². The molecular weight excluding hydrogens is 382 g/mol. The molecule has 0 aromatic heterocycles. The lowest BCUT2D eigenvalue weighted by atomic mass is 9.78. The summed E-state index contributed by atoms with van der Waals surface area (Å²) in [5.74, 6) is -0.116. The number of piperidine rings is 2. The lowest BCUT2D eigenvalue weighted by molar-refractivity contribution is -0.171. The molecule has 30 heavy (non-hydrogen) atoms. The Labute approximate surface area is 176 Å². The summed E-state index contributed by atoms with van der Waals surface area (Å²) < 4.78 is 5.38. The Morgan fingerprint density at radius 2 is 1.80 bits per heavy atom. The Bertz CT molecular complexity index is 879. The number of carbonyl (C=O) groups is 3. The summed E-state index contributed by atoms with van der Waals surface area (Å²) in [5, 5.41) is 0. The summed E-state index contributed by atoms with van der Waals surface area (Å²) in [6, 6.07) is 5.17. The quantitative estimate of drug-likeness (QED) is 0.662. The minimum atomic E-state index is -0.499. The lowest BCUT2D eigenvalue weighted by Gasteiger charge is -2.55. The molecule has 3 atom stereocenters. The van der Waals surface area contributed by atoms with Crippen LogP contribution in [-0.2, 0) is 20.8 Å². The average Bonchev–Trinajstić information content (AvgIpc) is 2.80. The van der Waals surface area contributed by atoms with Gasteiger partial charge in [0.15, 0.2) is 0 Å². The molecular formula is C23H29N3O4. The molecule has 7 heteroatoms. The second-order valence-corrected chi connectivity index (χ2v) is 8.87. The van der Waals surface area contributed by atoms with Crippen molar-refractivity contribution in [3.05, 3.63) is 29.3 Å². The SMILES string of the molecule is COc1ccc2c(c1)CCN1C(=O)C3CCCC(C21)N3C(=O)C(=O)N1CCCCC1. The van der Waals surface area contributed by atoms with Crippen LogP contribution in [0.4, 0.5) is 0 Å². The van der Waals surface area contributed by atoms with Gasteiger partial charge in [-0.05, 0) is 68.2 Å². The van der Waals surface area contributed by atoms with Crippen molar-refractivity contribution < 1.29 is 19.1 Å². The summed E-state index contributed by atoms with van der Waals surface area (Å²) in [6.45, 7) is 1.93. The fourth-order valence-corrected chi connectivity index (χ4v) is 5.83. The van der Waals surface area contributed by atoms with Crippen LogP contribution in [0, 0.1) is 0 Å². The normalized spacial score (nSPS) is 28.0. The average molecular weight is 412 g/mol. The molecule has 1 aromatic rings. The van der Waals surface area contributed by atoms with Crippen molar-refractivity contribution in [2.24, 2.45) is 0 Å². The Hall–Kier alpha value is -2.57. The minimum Gasteiger partial charge on any atom is -0.497 e. The highest BCUT2D eigenvalue weighted by Gasteiger charge is 2.53. The highest BCUT2D eigenvalue weighted by molar-refractivity contribution is 6.35. The number of rotatable bonds is 1. The molecule has 0 aliphatic carbocycles. The molecule has 0 N–H and O–H groups in total. The predicted molar refractivity (Wildman–Crippen MR) is 110 cm³/mol. The first-order valence-electron chi connectivity index (χ1n) is 11.2. The maximum atomic E-state index is 13.4. The number of piperazine rings is 1. The van der Waals surface area contributed by atoms with E-state index < -0.39 is 17.9 Å². The van der Waals surface area contributed by atoms with Crippen molar-refractivity contribution in [2.75, 3.05) is 26.7 Å². The number of fused-ring (bicyclic) bond motifs is 6. The number of amides is 3. The second-order valence-electron chi connectivity index (χ2n) is 8.87. The van der Waals surface area contributed by atoms with E-state index in [9.17, 15) is 14.4 Å². The van der Waals surface area contributed by atoms with Gasteiger partial charge in [-0.15, -0.1) is 0 Å². The summed E-state index contributed by atoms with van der Waals surface area (Å²) in [4.78, 5) is 45.1. The molecule has 3 saturated heterocycles. The van der Waals surface area contributed by atoms with Gasteiger partial charge >= 0.3 is 11.8 Å². The zero-order valence-corrected chi connectivity index (χ0v) is 17.5. The van der Waals surface area contributed by atoms with E-state index in [4.69, 9.17) is 4.74 Å². The number of hydrogen-bond donors (Lipinski definition) is 0. The van der Waals surface area contributed by atoms with E-state index in [2.05, 4.69) is 0 Å². The third kappa shape index (κ3) is 2.97. The van der Waals surface area contributed by atoms with Gasteiger partial charge in [-0.2, -0.15) is 0 Å². The van der Waals surface area contributed by atoms with Crippen molar-refractivity contribution in [3.8, 4) is 5.75 Å². The molecule has 4 aliphatic rings. The molecule has 3 unspecified atom stereocenters. The Morgan fingerprint density at radius 1 is 1.00 bits per heavy atom. The van der Waals surface area contributed by atoms with Crippen LogP contribution in [0.1, 0.15) is 55.7 Å². The van der Waals surface area contributed by atoms with Gasteiger partial charge in [-0.3, -0.25) is 14.4 Å². The van der Waals surface area contributed by atoms with E-state index in [1.807, 2.05) is 23.1 Å². The van der Waals surface area contributed by atoms with Gasteiger partial charge in [0.2, 0.25) is 5.91 Å². The van der Waals surface area contributed by atoms with Crippen LogP contribution in [0.5, 0.6) is 5.75 Å². The molecule has 0 radical (unpaired) electrons. The van der Waals surface area contributed by atoms with E-state index in [1.165, 1.54) is 5.56 Å². The van der Waals surface area contributed by atoms with Gasteiger partial charge in [0.05, 0.1) is 19.2 Å². The number of nitrogens with zero attached hydrogens (tertiary/aromatic N) is 3. The highest BCUT2D eigenvalue weighted by atomic mass is 16.5. The largest absolute Gasteiger partial charge is 0.497 e. The molecule has 7 nitrogen and oxygen atoms in total. The molecule has 4 aliphatic heterocycles. The number of likely N-dealkylation sites (tertiary alicyclic amines) is 1. The first-order valence-corrected chi connectivity index (χ1v) is 11.2. The van der Waals surface area contributed by atoms with Gasteiger partial charge in [0.25, 0.3) is 0 Å². The number of benzene rings is 1. The molecule has 3 amide bonds. The Kier molecular flexibility index (Phi) is 4.91. The predicted octanol–water partition coefficient (Wildman–Crippen LogP) is 1.90. The third-order valence-electron chi connectivity index (χ3n) is 7.29. The van der Waals surface area contributed by atoms with E-state index in [0.29, 0.717) is 26.1 Å². The molecule has 4 heterocycles. The van der Waals surface area contributed by atoms with Gasteiger partial charge in [-0.1, -0.05) is 6.07 Å². The van der Waals surface area contributed by atoms with Crippen molar-refractivity contribution in [1.29, 1.82) is 0 Å². The van der Waals surface area contributed by atoms with Crippen LogP contribution in [0.15, 0.2) is 18.2 Å². The number of methoxy groups -OCH3 is 1. The van der Waals surface area contributed by atoms with Gasteiger partial charge in [0, 0.05) is 19.6 Å². The lowest BCUT2D eigenvalue weighted by Crippen LogP contribution is -2.68. The summed E-state index contributed by atoms with van der Waals surface area (Å²) in [5.41, 5.74) is 2.26. The smallest absolute Gasteiger partial charge is 0.313 e. The molecule has 5 rings (SSSR count). The van der Waals surface area contributed by atoms with E-state index in [0.717, 1.165) is 49.8 Å².